The van der Waals surface area contributed by atoms with E-state index in [1.165, 1.54) is 6.92 Å². The SMILES string of the molecule is CC(=O)O[C@H]1C[C@@H](O)C[C@@H](C(=O)O)O1. The Morgan fingerprint density at radius 2 is 2.07 bits per heavy atom. The van der Waals surface area contributed by atoms with Crippen LogP contribution in [0.25, 0.3) is 0 Å². The molecule has 0 aliphatic carbocycles. The lowest BCUT2D eigenvalue weighted by Crippen LogP contribution is -2.41. The Kier molecular flexibility index (Phi) is 3.43. The second-order valence-corrected chi connectivity index (χ2v) is 3.13. The van der Waals surface area contributed by atoms with E-state index in [0.717, 1.165) is 0 Å². The molecule has 0 aromatic rings. The third-order valence-corrected chi connectivity index (χ3v) is 1.84. The van der Waals surface area contributed by atoms with Crippen LogP contribution in [0, 0.1) is 0 Å². The number of aliphatic carboxylic acids is 1. The Morgan fingerprint density at radius 3 is 2.57 bits per heavy atom. The minimum absolute atomic E-state index is 0.0209. The average Bonchev–Trinajstić information content (AvgIpc) is 2.01. The number of carboxylic acid groups (broad SMARTS) is 1. The molecule has 6 nitrogen and oxygen atoms in total. The largest absolute Gasteiger partial charge is 0.479 e. The Labute approximate surface area is 80.4 Å². The molecule has 14 heavy (non-hydrogen) atoms. The van der Waals surface area contributed by atoms with E-state index >= 15 is 0 Å². The summed E-state index contributed by atoms with van der Waals surface area (Å²) < 4.78 is 9.58. The van der Waals surface area contributed by atoms with Gasteiger partial charge in [-0.1, -0.05) is 0 Å². The van der Waals surface area contributed by atoms with Gasteiger partial charge in [-0.3, -0.25) is 4.79 Å². The van der Waals surface area contributed by atoms with E-state index in [-0.39, 0.29) is 12.8 Å². The van der Waals surface area contributed by atoms with E-state index < -0.39 is 30.4 Å². The minimum atomic E-state index is -1.17. The molecule has 1 aliphatic rings. The molecule has 6 heteroatoms. The lowest BCUT2D eigenvalue weighted by Gasteiger charge is -2.29. The summed E-state index contributed by atoms with van der Waals surface area (Å²) in [5.41, 5.74) is 0. The van der Waals surface area contributed by atoms with Gasteiger partial charge in [-0.05, 0) is 0 Å². The van der Waals surface area contributed by atoms with Crippen LogP contribution in [0.2, 0.25) is 0 Å². The molecule has 1 rings (SSSR count). The molecule has 3 atom stereocenters. The van der Waals surface area contributed by atoms with Crippen molar-refractivity contribution in [2.75, 3.05) is 0 Å². The quantitative estimate of drug-likeness (QED) is 0.589. The monoisotopic (exact) mass is 204 g/mol. The van der Waals surface area contributed by atoms with Crippen molar-refractivity contribution < 1.29 is 29.3 Å². The van der Waals surface area contributed by atoms with Crippen LogP contribution in [-0.4, -0.2) is 40.6 Å². The fraction of sp³-hybridized carbons (Fsp3) is 0.750. The number of carbonyl (C=O) groups excluding carboxylic acids is 1. The molecule has 1 saturated heterocycles. The van der Waals surface area contributed by atoms with Gasteiger partial charge >= 0.3 is 11.9 Å². The summed E-state index contributed by atoms with van der Waals surface area (Å²) in [4.78, 5) is 21.1. The topological polar surface area (TPSA) is 93.1 Å². The molecule has 80 valence electrons. The summed E-state index contributed by atoms with van der Waals surface area (Å²) in [6.45, 7) is 1.19. The average molecular weight is 204 g/mol. The summed E-state index contributed by atoms with van der Waals surface area (Å²) in [5, 5.41) is 17.9. The summed E-state index contributed by atoms with van der Waals surface area (Å²) in [6, 6.07) is 0. The number of esters is 1. The molecule has 0 radical (unpaired) electrons. The molecule has 1 fully saturated rings. The third-order valence-electron chi connectivity index (χ3n) is 1.84. The first-order valence-electron chi connectivity index (χ1n) is 4.22. The highest BCUT2D eigenvalue weighted by molar-refractivity contribution is 5.72. The lowest BCUT2D eigenvalue weighted by molar-refractivity contribution is -0.220. The zero-order chi connectivity index (χ0) is 10.7. The van der Waals surface area contributed by atoms with E-state index in [4.69, 9.17) is 9.84 Å². The predicted octanol–water partition coefficient (Wildman–Crippen LogP) is -0.500. The number of carboxylic acids is 1. The number of ether oxygens (including phenoxy) is 2. The van der Waals surface area contributed by atoms with Crippen LogP contribution in [-0.2, 0) is 19.1 Å². The van der Waals surface area contributed by atoms with Crippen LogP contribution < -0.4 is 0 Å². The molecule has 1 heterocycles. The van der Waals surface area contributed by atoms with E-state index in [9.17, 15) is 14.7 Å². The maximum atomic E-state index is 10.6. The van der Waals surface area contributed by atoms with Gasteiger partial charge in [0.25, 0.3) is 0 Å². The first-order chi connectivity index (χ1) is 6.49. The summed E-state index contributed by atoms with van der Waals surface area (Å²) >= 11 is 0. The Bertz CT molecular complexity index is 238. The van der Waals surface area contributed by atoms with Gasteiger partial charge in [-0.15, -0.1) is 0 Å². The number of hydrogen-bond donors (Lipinski definition) is 2. The Balaban J connectivity index is 2.53. The fourth-order valence-corrected chi connectivity index (χ4v) is 1.28. The standard InChI is InChI=1S/C8H12O6/c1-4(9)13-7-3-5(10)2-6(14-7)8(11)12/h5-7,10H,2-3H2,1H3,(H,11,12)/t5-,6-,7+/m0/s1. The molecule has 2 N–H and O–H groups in total. The van der Waals surface area contributed by atoms with Crippen molar-refractivity contribution in [2.45, 2.75) is 38.3 Å². The maximum Gasteiger partial charge on any atom is 0.333 e. The van der Waals surface area contributed by atoms with Gasteiger partial charge in [0.15, 0.2) is 6.10 Å². The molecule has 0 saturated carbocycles. The van der Waals surface area contributed by atoms with Crippen molar-refractivity contribution in [3.63, 3.8) is 0 Å². The van der Waals surface area contributed by atoms with Crippen LogP contribution in [0.15, 0.2) is 0 Å². The second kappa shape index (κ2) is 4.39. The lowest BCUT2D eigenvalue weighted by atomic mass is 10.1. The van der Waals surface area contributed by atoms with Gasteiger partial charge < -0.3 is 19.7 Å². The highest BCUT2D eigenvalue weighted by atomic mass is 16.7. The second-order valence-electron chi connectivity index (χ2n) is 3.13. The van der Waals surface area contributed by atoms with Crippen molar-refractivity contribution in [2.24, 2.45) is 0 Å². The van der Waals surface area contributed by atoms with Gasteiger partial charge in [-0.2, -0.15) is 0 Å². The summed E-state index contributed by atoms with van der Waals surface area (Å²) in [7, 11) is 0. The minimum Gasteiger partial charge on any atom is -0.479 e. The highest BCUT2D eigenvalue weighted by Crippen LogP contribution is 2.20. The van der Waals surface area contributed by atoms with Crippen molar-refractivity contribution in [1.82, 2.24) is 0 Å². The first kappa shape index (κ1) is 10.9. The van der Waals surface area contributed by atoms with E-state index in [0.29, 0.717) is 0 Å². The van der Waals surface area contributed by atoms with Crippen LogP contribution in [0.3, 0.4) is 0 Å². The fourth-order valence-electron chi connectivity index (χ4n) is 1.28. The van der Waals surface area contributed by atoms with Gasteiger partial charge in [0.05, 0.1) is 6.10 Å². The van der Waals surface area contributed by atoms with Crippen LogP contribution in [0.1, 0.15) is 19.8 Å². The number of rotatable bonds is 2. The molecule has 1 aliphatic heterocycles. The zero-order valence-electron chi connectivity index (χ0n) is 7.67. The third kappa shape index (κ3) is 2.97. The van der Waals surface area contributed by atoms with Crippen molar-refractivity contribution in [1.29, 1.82) is 0 Å². The predicted molar refractivity (Wildman–Crippen MR) is 43.3 cm³/mol. The van der Waals surface area contributed by atoms with E-state index in [1.54, 1.807) is 0 Å². The number of hydrogen-bond acceptors (Lipinski definition) is 5. The van der Waals surface area contributed by atoms with Gasteiger partial charge in [0.2, 0.25) is 6.29 Å². The van der Waals surface area contributed by atoms with Crippen molar-refractivity contribution in [3.05, 3.63) is 0 Å². The van der Waals surface area contributed by atoms with E-state index in [2.05, 4.69) is 4.74 Å². The molecule has 0 aromatic carbocycles. The molecule has 0 aromatic heterocycles. The van der Waals surface area contributed by atoms with Crippen LogP contribution >= 0.6 is 0 Å². The van der Waals surface area contributed by atoms with Gasteiger partial charge in [-0.25, -0.2) is 4.79 Å². The molecule has 0 spiro atoms. The first-order valence-corrected chi connectivity index (χ1v) is 4.22. The Morgan fingerprint density at radius 1 is 1.43 bits per heavy atom. The molecular formula is C8H12O6. The zero-order valence-corrected chi connectivity index (χ0v) is 7.67. The number of carbonyl (C=O) groups is 2. The molecule has 0 bridgehead atoms. The van der Waals surface area contributed by atoms with Gasteiger partial charge in [0.1, 0.15) is 0 Å². The van der Waals surface area contributed by atoms with Gasteiger partial charge in [0, 0.05) is 19.8 Å². The van der Waals surface area contributed by atoms with Crippen LogP contribution in [0.5, 0.6) is 0 Å². The number of aliphatic hydroxyl groups is 1. The number of aliphatic hydroxyl groups excluding tert-OH is 1. The molecular weight excluding hydrogens is 192 g/mol. The highest BCUT2D eigenvalue weighted by Gasteiger charge is 2.34. The van der Waals surface area contributed by atoms with E-state index in [1.807, 2.05) is 0 Å². The summed E-state index contributed by atoms with van der Waals surface area (Å²) in [5.74, 6) is -1.73. The molecule has 0 unspecified atom stereocenters. The van der Waals surface area contributed by atoms with Crippen molar-refractivity contribution >= 4 is 11.9 Å². The molecule has 0 amide bonds. The normalized spacial score (nSPS) is 32.3. The summed E-state index contributed by atoms with van der Waals surface area (Å²) in [6.07, 6.45) is -2.74. The smallest absolute Gasteiger partial charge is 0.333 e. The van der Waals surface area contributed by atoms with Crippen LogP contribution in [0.4, 0.5) is 0 Å². The van der Waals surface area contributed by atoms with Crippen molar-refractivity contribution in [3.8, 4) is 0 Å². The maximum absolute atomic E-state index is 10.6. The Hall–Kier alpha value is -1.14.